The summed E-state index contributed by atoms with van der Waals surface area (Å²) in [7, 11) is 0. The van der Waals surface area contributed by atoms with E-state index in [1.54, 1.807) is 0 Å². The number of unbranched alkanes of at least 4 members (excludes halogenated alkanes) is 1. The predicted molar refractivity (Wildman–Crippen MR) is 70.5 cm³/mol. The first-order chi connectivity index (χ1) is 8.95. The Balaban J connectivity index is 2.95. The van der Waals surface area contributed by atoms with Gasteiger partial charge >= 0.3 is 11.7 Å². The molecule has 0 saturated heterocycles. The van der Waals surface area contributed by atoms with Crippen LogP contribution in [0.15, 0.2) is 12.3 Å². The third-order valence-corrected chi connectivity index (χ3v) is 2.69. The fourth-order valence-electron chi connectivity index (χ4n) is 1.51. The van der Waals surface area contributed by atoms with Gasteiger partial charge in [-0.25, -0.2) is 9.78 Å². The number of nitro groups is 1. The monoisotopic (exact) mass is 287 g/mol. The van der Waals surface area contributed by atoms with Gasteiger partial charge in [0.05, 0.1) is 9.95 Å². The molecule has 8 heteroatoms. The first-order valence-electron chi connectivity index (χ1n) is 5.75. The van der Waals surface area contributed by atoms with Gasteiger partial charge in [-0.3, -0.25) is 10.1 Å². The number of nitrogens with one attached hydrogen (secondary N) is 1. The minimum atomic E-state index is -1.07. The van der Waals surface area contributed by atoms with E-state index in [0.29, 0.717) is 12.8 Å². The van der Waals surface area contributed by atoms with Gasteiger partial charge in [-0.1, -0.05) is 31.4 Å². The van der Waals surface area contributed by atoms with Crippen molar-refractivity contribution in [3.05, 3.63) is 27.4 Å². The van der Waals surface area contributed by atoms with Crippen molar-refractivity contribution in [2.45, 2.75) is 32.2 Å². The van der Waals surface area contributed by atoms with Gasteiger partial charge in [-0.2, -0.15) is 0 Å². The number of rotatable bonds is 7. The number of carboxylic acid groups (broad SMARTS) is 1. The minimum Gasteiger partial charge on any atom is -0.480 e. The summed E-state index contributed by atoms with van der Waals surface area (Å²) in [4.78, 5) is 25.1. The first kappa shape index (κ1) is 15.2. The number of hydrogen-bond acceptors (Lipinski definition) is 5. The van der Waals surface area contributed by atoms with Gasteiger partial charge in [-0.15, -0.1) is 0 Å². The minimum absolute atomic E-state index is 0.0853. The van der Waals surface area contributed by atoms with E-state index in [9.17, 15) is 14.9 Å². The second-order valence-electron chi connectivity index (χ2n) is 3.96. The molecule has 104 valence electrons. The van der Waals surface area contributed by atoms with Crippen LogP contribution in [0.4, 0.5) is 11.5 Å². The van der Waals surface area contributed by atoms with Gasteiger partial charge in [0.1, 0.15) is 6.04 Å². The molecule has 0 unspecified atom stereocenters. The molecule has 0 amide bonds. The van der Waals surface area contributed by atoms with Gasteiger partial charge in [0.25, 0.3) is 0 Å². The Morgan fingerprint density at radius 2 is 2.37 bits per heavy atom. The molecule has 0 aromatic carbocycles. The molecule has 2 N–H and O–H groups in total. The van der Waals surface area contributed by atoms with Gasteiger partial charge in [0.2, 0.25) is 5.82 Å². The third kappa shape index (κ3) is 4.36. The lowest BCUT2D eigenvalue weighted by atomic mass is 10.1. The van der Waals surface area contributed by atoms with Crippen LogP contribution in [0.2, 0.25) is 5.02 Å². The van der Waals surface area contributed by atoms with Gasteiger partial charge < -0.3 is 10.4 Å². The molecule has 7 nitrogen and oxygen atoms in total. The number of aromatic nitrogens is 1. The lowest BCUT2D eigenvalue weighted by Crippen LogP contribution is -2.29. The van der Waals surface area contributed by atoms with Gasteiger partial charge in [0, 0.05) is 12.3 Å². The third-order valence-electron chi connectivity index (χ3n) is 2.49. The van der Waals surface area contributed by atoms with Crippen molar-refractivity contribution >= 4 is 29.1 Å². The van der Waals surface area contributed by atoms with Crippen molar-refractivity contribution in [2.24, 2.45) is 0 Å². The number of carbonyl (C=O) groups is 1. The van der Waals surface area contributed by atoms with Gasteiger partial charge in [0.15, 0.2) is 0 Å². The fraction of sp³-hybridized carbons (Fsp3) is 0.455. The summed E-state index contributed by atoms with van der Waals surface area (Å²) < 4.78 is 0. The summed E-state index contributed by atoms with van der Waals surface area (Å²) in [6, 6.07) is 0.225. The highest BCUT2D eigenvalue weighted by atomic mass is 35.5. The summed E-state index contributed by atoms with van der Waals surface area (Å²) >= 11 is 5.63. The molecular formula is C11H14ClN3O4. The maximum atomic E-state index is 11.1. The van der Waals surface area contributed by atoms with Crippen LogP contribution in [0.3, 0.4) is 0 Å². The van der Waals surface area contributed by atoms with Crippen molar-refractivity contribution < 1.29 is 14.8 Å². The Hall–Kier alpha value is -1.89. The van der Waals surface area contributed by atoms with E-state index in [4.69, 9.17) is 16.7 Å². The van der Waals surface area contributed by atoms with Crippen LogP contribution in [0.5, 0.6) is 0 Å². The lowest BCUT2D eigenvalue weighted by molar-refractivity contribution is -0.384. The molecule has 1 rings (SSSR count). The highest BCUT2D eigenvalue weighted by Gasteiger charge is 2.23. The van der Waals surface area contributed by atoms with Crippen molar-refractivity contribution in [1.29, 1.82) is 0 Å². The Labute approximate surface area is 114 Å². The van der Waals surface area contributed by atoms with Crippen LogP contribution in [0, 0.1) is 10.1 Å². The number of carboxylic acids is 1. The van der Waals surface area contributed by atoms with E-state index >= 15 is 0 Å². The summed E-state index contributed by atoms with van der Waals surface area (Å²) in [5.74, 6) is -1.16. The van der Waals surface area contributed by atoms with Crippen LogP contribution < -0.4 is 5.32 Å². The molecule has 0 aliphatic rings. The number of anilines is 1. The maximum Gasteiger partial charge on any atom is 0.326 e. The Morgan fingerprint density at radius 1 is 1.68 bits per heavy atom. The zero-order chi connectivity index (χ0) is 14.4. The Bertz CT molecular complexity index is 481. The summed E-state index contributed by atoms with van der Waals surface area (Å²) in [6.07, 6.45) is 3.13. The molecule has 0 saturated carbocycles. The van der Waals surface area contributed by atoms with E-state index in [1.807, 2.05) is 6.92 Å². The van der Waals surface area contributed by atoms with Crippen LogP contribution in [-0.4, -0.2) is 27.0 Å². The number of halogens is 1. The van der Waals surface area contributed by atoms with Crippen molar-refractivity contribution in [1.82, 2.24) is 4.98 Å². The molecule has 1 atom stereocenters. The molecule has 0 spiro atoms. The summed E-state index contributed by atoms with van der Waals surface area (Å²) in [6.45, 7) is 1.93. The largest absolute Gasteiger partial charge is 0.480 e. The maximum absolute atomic E-state index is 11.1. The van der Waals surface area contributed by atoms with Crippen molar-refractivity contribution in [2.75, 3.05) is 5.32 Å². The molecule has 0 radical (unpaired) electrons. The first-order valence-corrected chi connectivity index (χ1v) is 6.12. The van der Waals surface area contributed by atoms with E-state index in [0.717, 1.165) is 12.5 Å². The highest BCUT2D eigenvalue weighted by Crippen LogP contribution is 2.26. The topological polar surface area (TPSA) is 105 Å². The van der Waals surface area contributed by atoms with Crippen LogP contribution in [-0.2, 0) is 4.79 Å². The fourth-order valence-corrected chi connectivity index (χ4v) is 1.66. The average molecular weight is 288 g/mol. The smallest absolute Gasteiger partial charge is 0.326 e. The van der Waals surface area contributed by atoms with Crippen LogP contribution in [0.25, 0.3) is 0 Å². The molecule has 1 heterocycles. The number of aliphatic carboxylic acids is 1. The number of nitrogens with zero attached hydrogens (tertiary/aromatic N) is 2. The molecule has 1 aromatic heterocycles. The van der Waals surface area contributed by atoms with Gasteiger partial charge in [-0.05, 0) is 6.42 Å². The zero-order valence-electron chi connectivity index (χ0n) is 10.3. The van der Waals surface area contributed by atoms with Crippen LogP contribution in [0.1, 0.15) is 26.2 Å². The van der Waals surface area contributed by atoms with Crippen LogP contribution >= 0.6 is 11.6 Å². The average Bonchev–Trinajstić information content (AvgIpc) is 2.35. The molecule has 1 aromatic rings. The summed E-state index contributed by atoms with van der Waals surface area (Å²) in [5, 5.41) is 22.6. The highest BCUT2D eigenvalue weighted by molar-refractivity contribution is 6.30. The molecule has 0 fully saturated rings. The Morgan fingerprint density at radius 3 is 2.89 bits per heavy atom. The van der Waals surface area contributed by atoms with Crippen molar-refractivity contribution in [3.63, 3.8) is 0 Å². The van der Waals surface area contributed by atoms with E-state index in [1.165, 1.54) is 6.20 Å². The van der Waals surface area contributed by atoms with E-state index in [-0.39, 0.29) is 16.5 Å². The second-order valence-corrected chi connectivity index (χ2v) is 4.39. The molecule has 0 aliphatic heterocycles. The quantitative estimate of drug-likeness (QED) is 0.590. The lowest BCUT2D eigenvalue weighted by Gasteiger charge is -2.14. The van der Waals surface area contributed by atoms with E-state index < -0.39 is 16.9 Å². The molecule has 19 heavy (non-hydrogen) atoms. The molecule has 0 aliphatic carbocycles. The molecule has 0 bridgehead atoms. The molecular weight excluding hydrogens is 274 g/mol. The zero-order valence-corrected chi connectivity index (χ0v) is 11.1. The predicted octanol–water partition coefficient (Wildman–Crippen LogP) is 2.70. The number of hydrogen-bond donors (Lipinski definition) is 2. The second kappa shape index (κ2) is 6.89. The Kier molecular flexibility index (Phi) is 5.50. The SMILES string of the molecule is CCCC[C@H](Nc1ncc(Cl)cc1[N+](=O)[O-])C(=O)O. The van der Waals surface area contributed by atoms with E-state index in [2.05, 4.69) is 10.3 Å². The van der Waals surface area contributed by atoms with Crippen molar-refractivity contribution in [3.8, 4) is 0 Å². The summed E-state index contributed by atoms with van der Waals surface area (Å²) in [5.41, 5.74) is -0.338. The standard InChI is InChI=1S/C11H14ClN3O4/c1-2-3-4-8(11(16)17)14-10-9(15(18)19)5-7(12)6-13-10/h5-6,8H,2-4H2,1H3,(H,13,14)(H,16,17)/t8-/m0/s1. The normalized spacial score (nSPS) is 11.9. The number of pyridine rings is 1.